The second-order valence-electron chi connectivity index (χ2n) is 4.31. The maximum Gasteiger partial charge on any atom is 0.220 e. The molecule has 16 heavy (non-hydrogen) atoms. The van der Waals surface area contributed by atoms with E-state index >= 15 is 0 Å². The minimum Gasteiger partial charge on any atom is -0.369 e. The van der Waals surface area contributed by atoms with E-state index in [1.54, 1.807) is 17.8 Å². The number of nitrogens with two attached hydrogens (primary N) is 1. The molecule has 1 fully saturated rings. The number of aromatic nitrogens is 3. The van der Waals surface area contributed by atoms with Crippen LogP contribution in [0.25, 0.3) is 0 Å². The number of hydrogen-bond donors (Lipinski definition) is 1. The molecule has 2 N–H and O–H groups in total. The molecule has 0 radical (unpaired) electrons. The Labute approximate surface area is 93.0 Å². The molecule has 1 atom stereocenters. The van der Waals surface area contributed by atoms with Gasteiger partial charge in [0.1, 0.15) is 0 Å². The molecule has 2 rings (SSSR count). The predicted octanol–water partition coefficient (Wildman–Crippen LogP) is -0.0453. The van der Waals surface area contributed by atoms with E-state index < -0.39 is 5.54 Å². The van der Waals surface area contributed by atoms with E-state index in [0.29, 0.717) is 12.1 Å². The van der Waals surface area contributed by atoms with Crippen LogP contribution < -0.4 is 5.73 Å². The molecule has 6 nitrogen and oxygen atoms in total. The average Bonchev–Trinajstić information content (AvgIpc) is 2.93. The summed E-state index contributed by atoms with van der Waals surface area (Å²) in [6.45, 7) is 1.75. The van der Waals surface area contributed by atoms with Gasteiger partial charge in [-0.1, -0.05) is 12.1 Å². The van der Waals surface area contributed by atoms with Crippen LogP contribution in [-0.2, 0) is 16.8 Å². The third-order valence-electron chi connectivity index (χ3n) is 2.91. The van der Waals surface area contributed by atoms with Gasteiger partial charge < -0.3 is 5.73 Å². The summed E-state index contributed by atoms with van der Waals surface area (Å²) in [6, 6.07) is 2.23. The van der Waals surface area contributed by atoms with Gasteiger partial charge in [-0.05, 0) is 12.8 Å². The first kappa shape index (κ1) is 10.6. The van der Waals surface area contributed by atoms with Crippen LogP contribution in [0.4, 0.5) is 0 Å². The number of nitrogens with zero attached hydrogens (tertiary/aromatic N) is 4. The van der Waals surface area contributed by atoms with Crippen molar-refractivity contribution in [2.75, 3.05) is 0 Å². The van der Waals surface area contributed by atoms with E-state index in [9.17, 15) is 4.79 Å². The molecule has 1 saturated carbocycles. The number of nitriles is 1. The van der Waals surface area contributed by atoms with Gasteiger partial charge in [-0.15, -0.1) is 5.10 Å². The Bertz CT molecular complexity index is 454. The summed E-state index contributed by atoms with van der Waals surface area (Å²) in [5.74, 6) is -0.613. The van der Waals surface area contributed by atoms with Crippen LogP contribution in [0.15, 0.2) is 6.20 Å². The standard InChI is InChI=1S/C10H13N5O/c1-7(9(12)16)4-8-5-15(14-13-8)10(6-11)2-3-10/h5,7H,2-4H2,1H3,(H2,12,16)/t7-/m0/s1. The van der Waals surface area contributed by atoms with Crippen LogP contribution in [0.3, 0.4) is 0 Å². The quantitative estimate of drug-likeness (QED) is 0.767. The van der Waals surface area contributed by atoms with Crippen LogP contribution in [-0.4, -0.2) is 20.9 Å². The van der Waals surface area contributed by atoms with Crippen molar-refractivity contribution < 1.29 is 4.79 Å². The predicted molar refractivity (Wildman–Crippen MR) is 54.9 cm³/mol. The molecule has 0 saturated heterocycles. The van der Waals surface area contributed by atoms with Crippen molar-refractivity contribution >= 4 is 5.91 Å². The Kier molecular flexibility index (Phi) is 2.38. The highest BCUT2D eigenvalue weighted by Gasteiger charge is 2.46. The van der Waals surface area contributed by atoms with Crippen molar-refractivity contribution in [1.29, 1.82) is 5.26 Å². The van der Waals surface area contributed by atoms with Crippen LogP contribution in [0, 0.1) is 17.2 Å². The molecule has 84 valence electrons. The molecule has 1 heterocycles. The van der Waals surface area contributed by atoms with Crippen molar-refractivity contribution in [3.8, 4) is 6.07 Å². The highest BCUT2D eigenvalue weighted by Crippen LogP contribution is 2.41. The van der Waals surface area contributed by atoms with Crippen molar-refractivity contribution in [2.24, 2.45) is 11.7 Å². The maximum atomic E-state index is 10.9. The number of rotatable bonds is 4. The second kappa shape index (κ2) is 3.59. The zero-order valence-electron chi connectivity index (χ0n) is 9.05. The molecule has 1 aromatic rings. The van der Waals surface area contributed by atoms with E-state index in [-0.39, 0.29) is 11.8 Å². The van der Waals surface area contributed by atoms with Gasteiger partial charge in [0.25, 0.3) is 0 Å². The van der Waals surface area contributed by atoms with E-state index in [4.69, 9.17) is 11.0 Å². The van der Waals surface area contributed by atoms with Gasteiger partial charge in [-0.2, -0.15) is 5.26 Å². The molecule has 0 bridgehead atoms. The van der Waals surface area contributed by atoms with Gasteiger partial charge in [-0.3, -0.25) is 4.79 Å². The van der Waals surface area contributed by atoms with E-state index in [1.807, 2.05) is 0 Å². The number of amides is 1. The monoisotopic (exact) mass is 219 g/mol. The number of carbonyl (C=O) groups excluding carboxylic acids is 1. The Morgan fingerprint density at radius 3 is 3.00 bits per heavy atom. The lowest BCUT2D eigenvalue weighted by molar-refractivity contribution is -0.121. The van der Waals surface area contributed by atoms with E-state index in [0.717, 1.165) is 12.8 Å². The molecule has 0 aliphatic heterocycles. The Morgan fingerprint density at radius 2 is 2.50 bits per heavy atom. The van der Waals surface area contributed by atoms with Gasteiger partial charge in [0.2, 0.25) is 5.91 Å². The maximum absolute atomic E-state index is 10.9. The number of primary amides is 1. The Balaban J connectivity index is 2.09. The lowest BCUT2D eigenvalue weighted by Gasteiger charge is -2.04. The van der Waals surface area contributed by atoms with Gasteiger partial charge in [0, 0.05) is 12.3 Å². The molecule has 6 heteroatoms. The normalized spacial score (nSPS) is 18.8. The summed E-state index contributed by atoms with van der Waals surface area (Å²) < 4.78 is 1.59. The lowest BCUT2D eigenvalue weighted by Crippen LogP contribution is -2.22. The van der Waals surface area contributed by atoms with E-state index in [1.165, 1.54) is 0 Å². The van der Waals surface area contributed by atoms with Crippen molar-refractivity contribution in [3.63, 3.8) is 0 Å². The lowest BCUT2D eigenvalue weighted by atomic mass is 10.1. The highest BCUT2D eigenvalue weighted by atomic mass is 16.1. The SMILES string of the molecule is C[C@@H](Cc1cn(C2(C#N)CC2)nn1)C(N)=O. The summed E-state index contributed by atoms with van der Waals surface area (Å²) in [7, 11) is 0. The van der Waals surface area contributed by atoms with E-state index in [2.05, 4.69) is 16.4 Å². The van der Waals surface area contributed by atoms with Gasteiger partial charge in [0.15, 0.2) is 5.54 Å². The fraction of sp³-hybridized carbons (Fsp3) is 0.600. The van der Waals surface area contributed by atoms with Crippen LogP contribution in [0.5, 0.6) is 0 Å². The molecule has 1 aliphatic rings. The summed E-state index contributed by atoms with van der Waals surface area (Å²) in [4.78, 5) is 10.9. The third-order valence-corrected chi connectivity index (χ3v) is 2.91. The van der Waals surface area contributed by atoms with Crippen LogP contribution >= 0.6 is 0 Å². The molecular weight excluding hydrogens is 206 g/mol. The first-order valence-electron chi connectivity index (χ1n) is 5.20. The molecule has 0 aromatic carbocycles. The molecule has 0 spiro atoms. The highest BCUT2D eigenvalue weighted by molar-refractivity contribution is 5.76. The van der Waals surface area contributed by atoms with Gasteiger partial charge in [-0.25, -0.2) is 4.68 Å². The van der Waals surface area contributed by atoms with Crippen LogP contribution in [0.1, 0.15) is 25.5 Å². The van der Waals surface area contributed by atoms with Crippen molar-refractivity contribution in [1.82, 2.24) is 15.0 Å². The number of hydrogen-bond acceptors (Lipinski definition) is 4. The average molecular weight is 219 g/mol. The first-order chi connectivity index (χ1) is 7.57. The molecule has 1 amide bonds. The minimum atomic E-state index is -0.485. The zero-order chi connectivity index (χ0) is 11.8. The summed E-state index contributed by atoms with van der Waals surface area (Å²) in [6.07, 6.45) is 3.84. The van der Waals surface area contributed by atoms with Gasteiger partial charge >= 0.3 is 0 Å². The third kappa shape index (κ3) is 1.76. The zero-order valence-corrected chi connectivity index (χ0v) is 9.05. The molecular formula is C10H13N5O. The van der Waals surface area contributed by atoms with Crippen molar-refractivity contribution in [3.05, 3.63) is 11.9 Å². The summed E-state index contributed by atoms with van der Waals surface area (Å²) in [5.41, 5.74) is 5.39. The fourth-order valence-corrected chi connectivity index (χ4v) is 1.53. The van der Waals surface area contributed by atoms with Gasteiger partial charge in [0.05, 0.1) is 18.0 Å². The summed E-state index contributed by atoms with van der Waals surface area (Å²) >= 11 is 0. The second-order valence-corrected chi connectivity index (χ2v) is 4.31. The Hall–Kier alpha value is -1.90. The topological polar surface area (TPSA) is 97.6 Å². The summed E-state index contributed by atoms with van der Waals surface area (Å²) in [5, 5.41) is 16.8. The smallest absolute Gasteiger partial charge is 0.220 e. The number of carbonyl (C=O) groups is 1. The first-order valence-corrected chi connectivity index (χ1v) is 5.20. The van der Waals surface area contributed by atoms with Crippen molar-refractivity contribution in [2.45, 2.75) is 31.7 Å². The minimum absolute atomic E-state index is 0.262. The molecule has 1 aromatic heterocycles. The van der Waals surface area contributed by atoms with Crippen LogP contribution in [0.2, 0.25) is 0 Å². The molecule has 1 aliphatic carbocycles. The fourth-order valence-electron chi connectivity index (χ4n) is 1.53. The largest absolute Gasteiger partial charge is 0.369 e. The molecule has 0 unspecified atom stereocenters. The Morgan fingerprint density at radius 1 is 1.81 bits per heavy atom.